The Morgan fingerprint density at radius 2 is 2.00 bits per heavy atom. The molecule has 0 aliphatic heterocycles. The molecule has 1 saturated carbocycles. The van der Waals surface area contributed by atoms with Gasteiger partial charge in [-0.1, -0.05) is 19.8 Å². The summed E-state index contributed by atoms with van der Waals surface area (Å²) in [5.74, 6) is 0. The number of nitrogens with two attached hydrogens (primary N) is 1. The minimum Gasteiger partial charge on any atom is -0.326 e. The summed E-state index contributed by atoms with van der Waals surface area (Å²) in [6.45, 7) is 2.18. The van der Waals surface area contributed by atoms with Crippen molar-refractivity contribution in [3.05, 3.63) is 0 Å². The lowest BCUT2D eigenvalue weighted by atomic mass is 9.91. The van der Waals surface area contributed by atoms with Gasteiger partial charge in [0.25, 0.3) is 10.2 Å². The Bertz CT molecular complexity index is 292. The van der Waals surface area contributed by atoms with Crippen LogP contribution in [-0.2, 0) is 10.2 Å². The third-order valence-electron chi connectivity index (χ3n) is 2.95. The smallest absolute Gasteiger partial charge is 0.279 e. The molecule has 0 heterocycles. The summed E-state index contributed by atoms with van der Waals surface area (Å²) in [5, 5.41) is 0. The first-order valence-corrected chi connectivity index (χ1v) is 6.91. The minimum atomic E-state index is -3.34. The third kappa shape index (κ3) is 3.14. The second kappa shape index (κ2) is 5.25. The highest BCUT2D eigenvalue weighted by atomic mass is 32.2. The van der Waals surface area contributed by atoms with Gasteiger partial charge in [0.15, 0.2) is 0 Å². The molecule has 1 rings (SSSR count). The van der Waals surface area contributed by atoms with Crippen LogP contribution in [0.1, 0.15) is 32.6 Å². The number of hydrogen-bond donors (Lipinski definition) is 2. The third-order valence-corrected chi connectivity index (χ3v) is 4.64. The Morgan fingerprint density at radius 3 is 2.53 bits per heavy atom. The molecule has 0 aromatic heterocycles. The molecule has 90 valence electrons. The van der Waals surface area contributed by atoms with Crippen LogP contribution in [-0.4, -0.2) is 38.4 Å². The normalized spacial score (nSPS) is 28.3. The SMILES string of the molecule is CCNS(=O)(=O)N(C)C1CCCCC1N. The van der Waals surface area contributed by atoms with Crippen LogP contribution in [0.5, 0.6) is 0 Å². The lowest BCUT2D eigenvalue weighted by Gasteiger charge is -2.34. The van der Waals surface area contributed by atoms with Gasteiger partial charge in [0.2, 0.25) is 0 Å². The van der Waals surface area contributed by atoms with Crippen molar-refractivity contribution in [2.75, 3.05) is 13.6 Å². The summed E-state index contributed by atoms with van der Waals surface area (Å²) < 4.78 is 27.3. The second-order valence-electron chi connectivity index (χ2n) is 4.03. The number of rotatable bonds is 4. The monoisotopic (exact) mass is 235 g/mol. The molecular formula is C9H21N3O2S. The van der Waals surface area contributed by atoms with Gasteiger partial charge in [0.1, 0.15) is 0 Å². The van der Waals surface area contributed by atoms with Crippen LogP contribution in [0.4, 0.5) is 0 Å². The van der Waals surface area contributed by atoms with Crippen LogP contribution in [0, 0.1) is 0 Å². The van der Waals surface area contributed by atoms with Crippen LogP contribution in [0.25, 0.3) is 0 Å². The standard InChI is InChI=1S/C9H21N3O2S/c1-3-11-15(13,14)12(2)9-7-5-4-6-8(9)10/h8-9,11H,3-7,10H2,1-2H3. The van der Waals surface area contributed by atoms with E-state index in [0.717, 1.165) is 25.7 Å². The second-order valence-corrected chi connectivity index (χ2v) is 5.85. The maximum atomic E-state index is 11.7. The molecule has 1 aliphatic rings. The van der Waals surface area contributed by atoms with Gasteiger partial charge in [-0.3, -0.25) is 0 Å². The van der Waals surface area contributed by atoms with Gasteiger partial charge in [0, 0.05) is 25.7 Å². The van der Waals surface area contributed by atoms with Crippen LogP contribution in [0.15, 0.2) is 0 Å². The van der Waals surface area contributed by atoms with E-state index in [1.165, 1.54) is 4.31 Å². The van der Waals surface area contributed by atoms with Crippen molar-refractivity contribution in [3.8, 4) is 0 Å². The Hall–Kier alpha value is -0.170. The van der Waals surface area contributed by atoms with Crippen molar-refractivity contribution < 1.29 is 8.42 Å². The molecule has 15 heavy (non-hydrogen) atoms. The van der Waals surface area contributed by atoms with Gasteiger partial charge < -0.3 is 5.73 Å². The molecule has 2 unspecified atom stereocenters. The molecule has 0 aromatic carbocycles. The Labute approximate surface area is 92.2 Å². The van der Waals surface area contributed by atoms with E-state index in [9.17, 15) is 8.42 Å². The first-order valence-electron chi connectivity index (χ1n) is 5.47. The molecule has 2 atom stereocenters. The van der Waals surface area contributed by atoms with Crippen molar-refractivity contribution in [1.29, 1.82) is 0 Å². The molecule has 1 fully saturated rings. The zero-order valence-electron chi connectivity index (χ0n) is 9.44. The predicted molar refractivity (Wildman–Crippen MR) is 60.6 cm³/mol. The lowest BCUT2D eigenvalue weighted by Crippen LogP contribution is -2.53. The minimum absolute atomic E-state index is 0.0304. The maximum absolute atomic E-state index is 11.7. The van der Waals surface area contributed by atoms with E-state index in [4.69, 9.17) is 5.73 Å². The molecule has 0 spiro atoms. The molecule has 0 bridgehead atoms. The quantitative estimate of drug-likeness (QED) is 0.722. The first-order chi connectivity index (χ1) is 6.99. The van der Waals surface area contributed by atoms with E-state index in [1.807, 2.05) is 0 Å². The van der Waals surface area contributed by atoms with Gasteiger partial charge in [-0.2, -0.15) is 12.7 Å². The summed E-state index contributed by atoms with van der Waals surface area (Å²) in [4.78, 5) is 0. The lowest BCUT2D eigenvalue weighted by molar-refractivity contribution is 0.250. The summed E-state index contributed by atoms with van der Waals surface area (Å²) >= 11 is 0. The van der Waals surface area contributed by atoms with Gasteiger partial charge in [0.05, 0.1) is 0 Å². The zero-order valence-corrected chi connectivity index (χ0v) is 10.3. The molecule has 1 aliphatic carbocycles. The number of hydrogen-bond acceptors (Lipinski definition) is 3. The van der Waals surface area contributed by atoms with E-state index in [1.54, 1.807) is 14.0 Å². The van der Waals surface area contributed by atoms with Crippen LogP contribution < -0.4 is 10.5 Å². The Morgan fingerprint density at radius 1 is 1.40 bits per heavy atom. The zero-order chi connectivity index (χ0) is 11.5. The fraction of sp³-hybridized carbons (Fsp3) is 1.00. The highest BCUT2D eigenvalue weighted by molar-refractivity contribution is 7.87. The first kappa shape index (κ1) is 12.9. The summed E-state index contributed by atoms with van der Waals surface area (Å²) in [7, 11) is -1.73. The fourth-order valence-corrected chi connectivity index (χ4v) is 3.24. The van der Waals surface area contributed by atoms with E-state index >= 15 is 0 Å². The molecular weight excluding hydrogens is 214 g/mol. The van der Waals surface area contributed by atoms with Crippen molar-refractivity contribution in [2.24, 2.45) is 5.73 Å². The summed E-state index contributed by atoms with van der Waals surface area (Å²) in [5.41, 5.74) is 5.94. The molecule has 0 saturated heterocycles. The Kier molecular flexibility index (Phi) is 4.51. The van der Waals surface area contributed by atoms with Crippen molar-refractivity contribution >= 4 is 10.2 Å². The van der Waals surface area contributed by atoms with Crippen molar-refractivity contribution in [3.63, 3.8) is 0 Å². The van der Waals surface area contributed by atoms with Gasteiger partial charge >= 0.3 is 0 Å². The molecule has 5 nitrogen and oxygen atoms in total. The van der Waals surface area contributed by atoms with Gasteiger partial charge in [-0.15, -0.1) is 0 Å². The topological polar surface area (TPSA) is 75.4 Å². The van der Waals surface area contributed by atoms with Crippen molar-refractivity contribution in [2.45, 2.75) is 44.7 Å². The maximum Gasteiger partial charge on any atom is 0.279 e. The highest BCUT2D eigenvalue weighted by Gasteiger charge is 2.31. The molecule has 3 N–H and O–H groups in total. The summed E-state index contributed by atoms with van der Waals surface area (Å²) in [6, 6.07) is -0.0834. The molecule has 0 amide bonds. The van der Waals surface area contributed by atoms with Gasteiger partial charge in [-0.05, 0) is 12.8 Å². The van der Waals surface area contributed by atoms with E-state index < -0.39 is 10.2 Å². The van der Waals surface area contributed by atoms with E-state index in [-0.39, 0.29) is 12.1 Å². The number of nitrogens with one attached hydrogen (secondary N) is 1. The predicted octanol–water partition coefficient (Wildman–Crippen LogP) is 0.0424. The number of nitrogens with zero attached hydrogens (tertiary/aromatic N) is 1. The molecule has 6 heteroatoms. The molecule has 0 radical (unpaired) electrons. The van der Waals surface area contributed by atoms with E-state index in [0.29, 0.717) is 6.54 Å². The van der Waals surface area contributed by atoms with Crippen LogP contribution in [0.3, 0.4) is 0 Å². The highest BCUT2D eigenvalue weighted by Crippen LogP contribution is 2.22. The molecule has 0 aromatic rings. The number of likely N-dealkylation sites (N-methyl/N-ethyl adjacent to an activating group) is 1. The fourth-order valence-electron chi connectivity index (χ4n) is 2.05. The summed E-state index contributed by atoms with van der Waals surface area (Å²) in [6.07, 6.45) is 3.94. The van der Waals surface area contributed by atoms with Gasteiger partial charge in [-0.25, -0.2) is 4.72 Å². The largest absolute Gasteiger partial charge is 0.326 e. The van der Waals surface area contributed by atoms with Crippen molar-refractivity contribution in [1.82, 2.24) is 9.03 Å². The van der Waals surface area contributed by atoms with E-state index in [2.05, 4.69) is 4.72 Å². The average molecular weight is 235 g/mol. The average Bonchev–Trinajstić information content (AvgIpc) is 2.17. The Balaban J connectivity index is 2.69. The van der Waals surface area contributed by atoms with Crippen LogP contribution >= 0.6 is 0 Å². The van der Waals surface area contributed by atoms with Crippen LogP contribution in [0.2, 0.25) is 0 Å².